The molecule has 156 valence electrons. The molecular weight excluding hydrogens is 386 g/mol. The fourth-order valence-corrected chi connectivity index (χ4v) is 4.50. The van der Waals surface area contributed by atoms with Crippen LogP contribution in [0.1, 0.15) is 13.8 Å². The van der Waals surface area contributed by atoms with E-state index in [-0.39, 0.29) is 11.2 Å². The van der Waals surface area contributed by atoms with Crippen molar-refractivity contribution in [1.82, 2.24) is 19.7 Å². The maximum Gasteiger partial charge on any atom is 0.236 e. The molecule has 8 heteroatoms. The number of hydrogen-bond acceptors (Lipinski definition) is 5. The molecule has 1 aliphatic heterocycles. The molecule has 1 aromatic carbocycles. The second-order valence-corrected chi connectivity index (χ2v) is 8.40. The summed E-state index contributed by atoms with van der Waals surface area (Å²) in [6.45, 7) is 13.3. The van der Waals surface area contributed by atoms with Crippen LogP contribution in [0.4, 0.5) is 0 Å². The average Bonchev–Trinajstić information content (AvgIpc) is 3.15. The Hall–Kier alpha value is -2.32. The van der Waals surface area contributed by atoms with E-state index in [4.69, 9.17) is 4.74 Å². The van der Waals surface area contributed by atoms with Gasteiger partial charge >= 0.3 is 0 Å². The number of piperazine rings is 1. The number of hydrogen-bond donors (Lipinski definition) is 1. The number of nitrogens with zero attached hydrogens (tertiary/aromatic N) is 4. The Kier molecular flexibility index (Phi) is 7.33. The second-order valence-electron chi connectivity index (χ2n) is 7.09. The van der Waals surface area contributed by atoms with Crippen molar-refractivity contribution in [3.05, 3.63) is 36.9 Å². The van der Waals surface area contributed by atoms with Crippen molar-refractivity contribution in [2.45, 2.75) is 30.8 Å². The Morgan fingerprint density at radius 1 is 1.34 bits per heavy atom. The Morgan fingerprint density at radius 3 is 2.72 bits per heavy atom. The molecule has 3 rings (SSSR count). The van der Waals surface area contributed by atoms with E-state index in [9.17, 15) is 4.79 Å². The number of quaternary nitrogens is 1. The molecule has 1 amide bonds. The lowest BCUT2D eigenvalue weighted by Crippen LogP contribution is -3.14. The number of nitrogens with one attached hydrogen (secondary N) is 1. The molecule has 29 heavy (non-hydrogen) atoms. The van der Waals surface area contributed by atoms with Crippen molar-refractivity contribution in [3.8, 4) is 17.1 Å². The van der Waals surface area contributed by atoms with Crippen LogP contribution in [0.5, 0.6) is 5.75 Å². The third-order valence-corrected chi connectivity index (χ3v) is 6.36. The Balaban J connectivity index is 1.78. The van der Waals surface area contributed by atoms with Gasteiger partial charge in [0.15, 0.2) is 11.0 Å². The number of amides is 1. The van der Waals surface area contributed by atoms with E-state index in [1.807, 2.05) is 46.7 Å². The number of aromatic nitrogens is 3. The third-order valence-electron chi connectivity index (χ3n) is 5.29. The smallest absolute Gasteiger partial charge is 0.236 e. The number of methoxy groups -OCH3 is 1. The van der Waals surface area contributed by atoms with E-state index in [0.717, 1.165) is 44.0 Å². The van der Waals surface area contributed by atoms with E-state index >= 15 is 0 Å². The molecular formula is C21H30N5O2S+. The molecule has 2 heterocycles. The lowest BCUT2D eigenvalue weighted by Gasteiger charge is -2.32. The van der Waals surface area contributed by atoms with E-state index in [1.54, 1.807) is 12.0 Å². The molecule has 0 radical (unpaired) electrons. The average molecular weight is 417 g/mol. The molecule has 1 fully saturated rings. The van der Waals surface area contributed by atoms with Gasteiger partial charge in [0.1, 0.15) is 5.75 Å². The van der Waals surface area contributed by atoms with Crippen molar-refractivity contribution in [1.29, 1.82) is 0 Å². The summed E-state index contributed by atoms with van der Waals surface area (Å²) in [4.78, 5) is 16.5. The quantitative estimate of drug-likeness (QED) is 0.520. The van der Waals surface area contributed by atoms with Crippen molar-refractivity contribution < 1.29 is 14.4 Å². The van der Waals surface area contributed by atoms with Crippen LogP contribution in [0.2, 0.25) is 0 Å². The van der Waals surface area contributed by atoms with Crippen molar-refractivity contribution >= 4 is 17.7 Å². The van der Waals surface area contributed by atoms with Gasteiger partial charge in [-0.15, -0.1) is 16.8 Å². The molecule has 1 aromatic heterocycles. The molecule has 0 saturated carbocycles. The zero-order valence-corrected chi connectivity index (χ0v) is 18.2. The predicted molar refractivity (Wildman–Crippen MR) is 115 cm³/mol. The van der Waals surface area contributed by atoms with E-state index in [0.29, 0.717) is 17.5 Å². The first-order valence-corrected chi connectivity index (χ1v) is 10.9. The SMILES string of the molecule is C=CCn1c(S[C@H](C)C(=O)N2CC[NH+](CC)CC2)nnc1-c1ccccc1OC. The van der Waals surface area contributed by atoms with Crippen LogP contribution in [-0.2, 0) is 11.3 Å². The molecule has 0 aliphatic carbocycles. The number of para-hydroxylation sites is 1. The number of likely N-dealkylation sites (N-methyl/N-ethyl adjacent to an activating group) is 1. The van der Waals surface area contributed by atoms with Gasteiger partial charge < -0.3 is 14.5 Å². The Labute approximate surface area is 176 Å². The van der Waals surface area contributed by atoms with Crippen LogP contribution in [-0.4, -0.2) is 70.7 Å². The number of ether oxygens (including phenoxy) is 1. The van der Waals surface area contributed by atoms with E-state index < -0.39 is 0 Å². The highest BCUT2D eigenvalue weighted by atomic mass is 32.2. The first-order chi connectivity index (χ1) is 14.1. The minimum absolute atomic E-state index is 0.164. The van der Waals surface area contributed by atoms with E-state index in [1.165, 1.54) is 11.8 Å². The molecule has 0 unspecified atom stereocenters. The fourth-order valence-electron chi connectivity index (χ4n) is 3.56. The summed E-state index contributed by atoms with van der Waals surface area (Å²) < 4.78 is 7.47. The monoisotopic (exact) mass is 416 g/mol. The van der Waals surface area contributed by atoms with E-state index in [2.05, 4.69) is 23.7 Å². The number of carbonyl (C=O) groups excluding carboxylic acids is 1. The van der Waals surface area contributed by atoms with Gasteiger partial charge in [0, 0.05) is 6.54 Å². The zero-order valence-electron chi connectivity index (χ0n) is 17.4. The number of thioether (sulfide) groups is 1. The maximum atomic E-state index is 12.9. The molecule has 1 aliphatic rings. The van der Waals surface area contributed by atoms with Gasteiger partial charge in [-0.05, 0) is 26.0 Å². The maximum absolute atomic E-state index is 12.9. The van der Waals surface area contributed by atoms with Crippen LogP contribution in [0, 0.1) is 0 Å². The normalized spacial score (nSPS) is 15.9. The largest absolute Gasteiger partial charge is 0.496 e. The first kappa shape index (κ1) is 21.4. The Morgan fingerprint density at radius 2 is 2.07 bits per heavy atom. The standard InChI is InChI=1S/C21H29N5O2S/c1-5-11-26-19(17-9-7-8-10-18(17)28-4)22-23-21(26)29-16(3)20(27)25-14-12-24(6-2)13-15-25/h5,7-10,16H,1,6,11-15H2,2-4H3/p+1/t16-/m1/s1. The van der Waals surface area contributed by atoms with Gasteiger partial charge in [-0.2, -0.15) is 0 Å². The van der Waals surface area contributed by atoms with Gasteiger partial charge in [-0.25, -0.2) is 0 Å². The first-order valence-electron chi connectivity index (χ1n) is 10.1. The van der Waals surface area contributed by atoms with Crippen molar-refractivity contribution in [2.75, 3.05) is 39.8 Å². The van der Waals surface area contributed by atoms with Crippen LogP contribution >= 0.6 is 11.8 Å². The molecule has 1 saturated heterocycles. The summed E-state index contributed by atoms with van der Waals surface area (Å²) in [6.07, 6.45) is 1.81. The molecule has 0 spiro atoms. The van der Waals surface area contributed by atoms with Gasteiger partial charge in [-0.3, -0.25) is 9.36 Å². The third kappa shape index (κ3) is 4.82. The van der Waals surface area contributed by atoms with Crippen LogP contribution < -0.4 is 9.64 Å². The van der Waals surface area contributed by atoms with Crippen LogP contribution in [0.25, 0.3) is 11.4 Å². The predicted octanol–water partition coefficient (Wildman–Crippen LogP) is 1.37. The number of allylic oxidation sites excluding steroid dienone is 1. The minimum atomic E-state index is -0.225. The van der Waals surface area contributed by atoms with Crippen molar-refractivity contribution in [3.63, 3.8) is 0 Å². The summed E-state index contributed by atoms with van der Waals surface area (Å²) in [5, 5.41) is 9.26. The number of benzene rings is 1. The molecule has 0 bridgehead atoms. The topological polar surface area (TPSA) is 64.7 Å². The molecule has 1 atom stereocenters. The van der Waals surface area contributed by atoms with Gasteiger partial charge in [0.25, 0.3) is 0 Å². The highest BCUT2D eigenvalue weighted by Crippen LogP contribution is 2.32. The molecule has 2 aromatic rings. The molecule has 1 N–H and O–H groups in total. The summed E-state index contributed by atoms with van der Waals surface area (Å²) in [7, 11) is 1.64. The minimum Gasteiger partial charge on any atom is -0.496 e. The fraction of sp³-hybridized carbons (Fsp3) is 0.476. The van der Waals surface area contributed by atoms with Gasteiger partial charge in [0.05, 0.1) is 50.6 Å². The summed E-state index contributed by atoms with van der Waals surface area (Å²) in [5.74, 6) is 1.61. The molecule has 7 nitrogen and oxygen atoms in total. The highest BCUT2D eigenvalue weighted by molar-refractivity contribution is 8.00. The van der Waals surface area contributed by atoms with Crippen LogP contribution in [0.15, 0.2) is 42.1 Å². The van der Waals surface area contributed by atoms with Gasteiger partial charge in [-0.1, -0.05) is 30.0 Å². The van der Waals surface area contributed by atoms with Gasteiger partial charge in [0.2, 0.25) is 5.91 Å². The second kappa shape index (κ2) is 9.93. The summed E-state index contributed by atoms with van der Waals surface area (Å²) in [5.41, 5.74) is 0.869. The Bertz CT molecular complexity index is 845. The summed E-state index contributed by atoms with van der Waals surface area (Å²) >= 11 is 1.45. The van der Waals surface area contributed by atoms with Crippen molar-refractivity contribution in [2.24, 2.45) is 0 Å². The number of rotatable bonds is 8. The lowest BCUT2D eigenvalue weighted by atomic mass is 10.2. The summed E-state index contributed by atoms with van der Waals surface area (Å²) in [6, 6.07) is 7.73. The lowest BCUT2D eigenvalue weighted by molar-refractivity contribution is -0.902. The number of carbonyl (C=O) groups is 1. The van der Waals surface area contributed by atoms with Crippen LogP contribution in [0.3, 0.4) is 0 Å². The zero-order chi connectivity index (χ0) is 20.8. The highest BCUT2D eigenvalue weighted by Gasteiger charge is 2.28.